The number of likely N-dealkylation sites (tertiary alicyclic amines) is 1. The van der Waals surface area contributed by atoms with Crippen molar-refractivity contribution < 1.29 is 4.74 Å². The summed E-state index contributed by atoms with van der Waals surface area (Å²) in [5.41, 5.74) is 9.56. The molecule has 4 heteroatoms. The van der Waals surface area contributed by atoms with Gasteiger partial charge in [0.2, 0.25) is 5.90 Å². The largest absolute Gasteiger partial charge is 0.472 e. The molecule has 2 aliphatic rings. The highest BCUT2D eigenvalue weighted by molar-refractivity contribution is 5.94. The molecular formula is C17H23N3O. The average molecular weight is 285 g/mol. The van der Waals surface area contributed by atoms with E-state index in [4.69, 9.17) is 10.5 Å². The van der Waals surface area contributed by atoms with E-state index in [2.05, 4.69) is 41.2 Å². The fourth-order valence-corrected chi connectivity index (χ4v) is 2.99. The lowest BCUT2D eigenvalue weighted by Gasteiger charge is -2.36. The average Bonchev–Trinajstić information content (AvgIpc) is 2.60. The van der Waals surface area contributed by atoms with Crippen LogP contribution < -0.4 is 5.73 Å². The first-order valence-electron chi connectivity index (χ1n) is 7.56. The maximum absolute atomic E-state index is 6.42. The Hall–Kier alpha value is -1.81. The predicted octanol–water partition coefficient (Wildman–Crippen LogP) is 2.14. The third-order valence-electron chi connectivity index (χ3n) is 4.31. The molecule has 4 nitrogen and oxygen atoms in total. The SMILES string of the molecule is CC1=C(N)C(c2ccccc2)CCN=C1OC1CN(C)C1. The molecule has 2 aliphatic heterocycles. The molecule has 1 atom stereocenters. The van der Waals surface area contributed by atoms with E-state index in [1.165, 1.54) is 5.56 Å². The van der Waals surface area contributed by atoms with Crippen molar-refractivity contribution in [1.82, 2.24) is 4.90 Å². The van der Waals surface area contributed by atoms with Gasteiger partial charge in [0, 0.05) is 36.8 Å². The van der Waals surface area contributed by atoms with Crippen molar-refractivity contribution in [3.63, 3.8) is 0 Å². The summed E-state index contributed by atoms with van der Waals surface area (Å²) in [6.45, 7) is 4.72. The van der Waals surface area contributed by atoms with E-state index in [9.17, 15) is 0 Å². The molecular weight excluding hydrogens is 262 g/mol. The summed E-state index contributed by atoms with van der Waals surface area (Å²) in [7, 11) is 2.09. The lowest BCUT2D eigenvalue weighted by molar-refractivity contribution is 0.0300. The molecule has 0 amide bonds. The molecule has 1 fully saturated rings. The zero-order valence-corrected chi connectivity index (χ0v) is 12.7. The first-order chi connectivity index (χ1) is 10.1. The van der Waals surface area contributed by atoms with Crippen LogP contribution in [0.1, 0.15) is 24.8 Å². The molecule has 1 saturated heterocycles. The Labute approximate surface area is 126 Å². The van der Waals surface area contributed by atoms with Crippen LogP contribution in [-0.2, 0) is 4.74 Å². The second-order valence-corrected chi connectivity index (χ2v) is 5.98. The summed E-state index contributed by atoms with van der Waals surface area (Å²) in [6, 6.07) is 10.4. The first kappa shape index (κ1) is 14.1. The van der Waals surface area contributed by atoms with Gasteiger partial charge in [-0.3, -0.25) is 9.89 Å². The molecule has 0 aliphatic carbocycles. The topological polar surface area (TPSA) is 50.9 Å². The number of aliphatic imine (C=N–C) groups is 1. The van der Waals surface area contributed by atoms with Crippen molar-refractivity contribution in [2.45, 2.75) is 25.4 Å². The Kier molecular flexibility index (Phi) is 3.97. The Morgan fingerprint density at radius 3 is 2.62 bits per heavy atom. The summed E-state index contributed by atoms with van der Waals surface area (Å²) in [5.74, 6) is 0.976. The highest BCUT2D eigenvalue weighted by Gasteiger charge is 2.28. The Balaban J connectivity index is 1.79. The molecule has 21 heavy (non-hydrogen) atoms. The summed E-state index contributed by atoms with van der Waals surface area (Å²) >= 11 is 0. The number of benzene rings is 1. The van der Waals surface area contributed by atoms with E-state index in [0.717, 1.165) is 43.2 Å². The number of nitrogens with zero attached hydrogens (tertiary/aromatic N) is 2. The van der Waals surface area contributed by atoms with Crippen LogP contribution in [0.5, 0.6) is 0 Å². The minimum Gasteiger partial charge on any atom is -0.472 e. The van der Waals surface area contributed by atoms with Crippen LogP contribution in [-0.4, -0.2) is 43.6 Å². The second kappa shape index (κ2) is 5.90. The first-order valence-corrected chi connectivity index (χ1v) is 7.56. The second-order valence-electron chi connectivity index (χ2n) is 5.98. The number of likely N-dealkylation sites (N-methyl/N-ethyl adjacent to an activating group) is 1. The van der Waals surface area contributed by atoms with Gasteiger partial charge < -0.3 is 10.5 Å². The summed E-state index contributed by atoms with van der Waals surface area (Å²) in [4.78, 5) is 6.85. The molecule has 2 N–H and O–H groups in total. The minimum absolute atomic E-state index is 0.236. The van der Waals surface area contributed by atoms with Gasteiger partial charge in [0.1, 0.15) is 6.10 Å². The smallest absolute Gasteiger partial charge is 0.213 e. The fourth-order valence-electron chi connectivity index (χ4n) is 2.99. The van der Waals surface area contributed by atoms with Gasteiger partial charge in [-0.25, -0.2) is 0 Å². The van der Waals surface area contributed by atoms with Crippen molar-refractivity contribution in [2.24, 2.45) is 10.7 Å². The molecule has 0 aromatic heterocycles. The van der Waals surface area contributed by atoms with E-state index >= 15 is 0 Å². The van der Waals surface area contributed by atoms with E-state index in [-0.39, 0.29) is 12.0 Å². The van der Waals surface area contributed by atoms with Crippen LogP contribution >= 0.6 is 0 Å². The van der Waals surface area contributed by atoms with Gasteiger partial charge in [0.25, 0.3) is 0 Å². The van der Waals surface area contributed by atoms with E-state index in [0.29, 0.717) is 0 Å². The summed E-state index contributed by atoms with van der Waals surface area (Å²) < 4.78 is 6.01. The highest BCUT2D eigenvalue weighted by Crippen LogP contribution is 2.30. The van der Waals surface area contributed by atoms with Gasteiger partial charge in [-0.15, -0.1) is 0 Å². The molecule has 0 radical (unpaired) electrons. The van der Waals surface area contributed by atoms with Gasteiger partial charge in [0.15, 0.2) is 0 Å². The minimum atomic E-state index is 0.236. The fraction of sp³-hybridized carbons (Fsp3) is 0.471. The molecule has 1 aromatic rings. The number of allylic oxidation sites excluding steroid dienone is 1. The normalized spacial score (nSPS) is 24.3. The van der Waals surface area contributed by atoms with E-state index in [1.54, 1.807) is 0 Å². The molecule has 0 spiro atoms. The summed E-state index contributed by atoms with van der Waals surface area (Å²) in [5, 5.41) is 0. The van der Waals surface area contributed by atoms with Crippen molar-refractivity contribution in [3.05, 3.63) is 47.2 Å². The molecule has 0 bridgehead atoms. The lowest BCUT2D eigenvalue weighted by atomic mass is 9.91. The van der Waals surface area contributed by atoms with Crippen LogP contribution in [0.2, 0.25) is 0 Å². The van der Waals surface area contributed by atoms with Crippen molar-refractivity contribution in [1.29, 1.82) is 0 Å². The van der Waals surface area contributed by atoms with Crippen LogP contribution in [0.3, 0.4) is 0 Å². The van der Waals surface area contributed by atoms with Gasteiger partial charge in [-0.2, -0.15) is 0 Å². The highest BCUT2D eigenvalue weighted by atomic mass is 16.5. The van der Waals surface area contributed by atoms with Crippen LogP contribution in [0.25, 0.3) is 0 Å². The number of nitrogens with two attached hydrogens (primary N) is 1. The zero-order chi connectivity index (χ0) is 14.8. The molecule has 3 rings (SSSR count). The Morgan fingerprint density at radius 2 is 1.95 bits per heavy atom. The Bertz CT molecular complexity index is 559. The predicted molar refractivity (Wildman–Crippen MR) is 85.4 cm³/mol. The number of hydrogen-bond donors (Lipinski definition) is 1. The molecule has 1 aromatic carbocycles. The third-order valence-corrected chi connectivity index (χ3v) is 4.31. The van der Waals surface area contributed by atoms with Crippen LogP contribution in [0.15, 0.2) is 46.6 Å². The maximum Gasteiger partial charge on any atom is 0.213 e. The van der Waals surface area contributed by atoms with Gasteiger partial charge in [-0.05, 0) is 26.0 Å². The van der Waals surface area contributed by atoms with Crippen LogP contribution in [0, 0.1) is 0 Å². The number of hydrogen-bond acceptors (Lipinski definition) is 4. The standard InChI is InChI=1S/C17H23N3O/c1-12-16(18)15(13-6-4-3-5-7-13)8-9-19-17(12)21-14-10-20(2)11-14/h3-7,14-15H,8-11,18H2,1-2H3. The number of ether oxygens (including phenoxy) is 1. The monoisotopic (exact) mass is 285 g/mol. The van der Waals surface area contributed by atoms with Gasteiger partial charge in [-0.1, -0.05) is 30.3 Å². The quantitative estimate of drug-likeness (QED) is 0.905. The molecule has 0 saturated carbocycles. The van der Waals surface area contributed by atoms with E-state index in [1.807, 2.05) is 13.0 Å². The zero-order valence-electron chi connectivity index (χ0n) is 12.7. The van der Waals surface area contributed by atoms with Crippen molar-refractivity contribution in [2.75, 3.05) is 26.7 Å². The van der Waals surface area contributed by atoms with E-state index < -0.39 is 0 Å². The van der Waals surface area contributed by atoms with Crippen LogP contribution in [0.4, 0.5) is 0 Å². The number of rotatable bonds is 2. The molecule has 1 unspecified atom stereocenters. The maximum atomic E-state index is 6.42. The van der Waals surface area contributed by atoms with Gasteiger partial charge in [0.05, 0.1) is 0 Å². The Morgan fingerprint density at radius 1 is 1.24 bits per heavy atom. The van der Waals surface area contributed by atoms with Gasteiger partial charge >= 0.3 is 0 Å². The van der Waals surface area contributed by atoms with Crippen molar-refractivity contribution >= 4 is 5.90 Å². The third kappa shape index (κ3) is 2.95. The lowest BCUT2D eigenvalue weighted by Crippen LogP contribution is -2.50. The molecule has 112 valence electrons. The van der Waals surface area contributed by atoms with Crippen molar-refractivity contribution in [3.8, 4) is 0 Å². The summed E-state index contributed by atoms with van der Waals surface area (Å²) in [6.07, 6.45) is 1.19. The molecule has 2 heterocycles.